The van der Waals surface area contributed by atoms with Gasteiger partial charge >= 0.3 is 0 Å². The number of carbonyl (C=O) groups is 1. The third kappa shape index (κ3) is 2.35. The third-order valence-electron chi connectivity index (χ3n) is 2.57. The molecule has 15 heavy (non-hydrogen) atoms. The zero-order valence-corrected chi connectivity index (χ0v) is 9.46. The lowest BCUT2D eigenvalue weighted by Gasteiger charge is -2.38. The van der Waals surface area contributed by atoms with Crippen molar-refractivity contribution in [2.45, 2.75) is 13.3 Å². The van der Waals surface area contributed by atoms with Gasteiger partial charge in [-0.3, -0.25) is 4.79 Å². The van der Waals surface area contributed by atoms with Crippen LogP contribution in [0.5, 0.6) is 0 Å². The number of carbonyl (C=O) groups excluding carboxylic acids is 1. The highest BCUT2D eigenvalue weighted by atomic mass is 32.1. The highest BCUT2D eigenvalue weighted by molar-refractivity contribution is 7.09. The Labute approximate surface area is 92.6 Å². The molecule has 1 aromatic heterocycles. The number of nitrogens with zero attached hydrogens (tertiary/aromatic N) is 2. The molecule has 0 saturated carbocycles. The Morgan fingerprint density at radius 3 is 3.00 bits per heavy atom. The minimum atomic E-state index is 0.116. The smallest absolute Gasteiger partial charge is 0.228 e. The maximum absolute atomic E-state index is 11.7. The van der Waals surface area contributed by atoms with E-state index in [2.05, 4.69) is 4.98 Å². The Kier molecular flexibility index (Phi) is 3.02. The molecule has 0 aromatic carbocycles. The summed E-state index contributed by atoms with van der Waals surface area (Å²) in [5, 5.41) is 11.8. The van der Waals surface area contributed by atoms with Crippen molar-refractivity contribution in [2.24, 2.45) is 5.92 Å². The highest BCUT2D eigenvalue weighted by Gasteiger charge is 2.29. The van der Waals surface area contributed by atoms with Gasteiger partial charge in [0.15, 0.2) is 0 Å². The van der Waals surface area contributed by atoms with E-state index in [1.165, 1.54) is 0 Å². The largest absolute Gasteiger partial charge is 0.396 e. The van der Waals surface area contributed by atoms with E-state index in [4.69, 9.17) is 5.11 Å². The maximum Gasteiger partial charge on any atom is 0.228 e. The molecule has 1 fully saturated rings. The van der Waals surface area contributed by atoms with Crippen molar-refractivity contribution in [1.82, 2.24) is 9.88 Å². The molecule has 1 N–H and O–H groups in total. The Morgan fingerprint density at radius 1 is 1.73 bits per heavy atom. The fourth-order valence-corrected chi connectivity index (χ4v) is 2.26. The summed E-state index contributed by atoms with van der Waals surface area (Å²) in [5.74, 6) is 0.399. The van der Waals surface area contributed by atoms with Crippen LogP contribution < -0.4 is 0 Å². The van der Waals surface area contributed by atoms with Gasteiger partial charge < -0.3 is 10.0 Å². The van der Waals surface area contributed by atoms with Gasteiger partial charge in [0.2, 0.25) is 5.91 Å². The van der Waals surface area contributed by atoms with E-state index < -0.39 is 0 Å². The van der Waals surface area contributed by atoms with Crippen molar-refractivity contribution in [3.63, 3.8) is 0 Å². The van der Waals surface area contributed by atoms with E-state index in [0.29, 0.717) is 19.5 Å². The van der Waals surface area contributed by atoms with E-state index in [-0.39, 0.29) is 18.4 Å². The summed E-state index contributed by atoms with van der Waals surface area (Å²) < 4.78 is 0. The zero-order chi connectivity index (χ0) is 10.8. The van der Waals surface area contributed by atoms with Crippen LogP contribution in [0.2, 0.25) is 0 Å². The van der Waals surface area contributed by atoms with Gasteiger partial charge in [0, 0.05) is 31.0 Å². The topological polar surface area (TPSA) is 53.4 Å². The summed E-state index contributed by atoms with van der Waals surface area (Å²) in [6, 6.07) is 0. The normalized spacial score (nSPS) is 16.5. The fourth-order valence-electron chi connectivity index (χ4n) is 1.65. The number of rotatable bonds is 3. The molecule has 1 amide bonds. The van der Waals surface area contributed by atoms with Gasteiger partial charge in [-0.1, -0.05) is 0 Å². The third-order valence-corrected chi connectivity index (χ3v) is 3.39. The lowest BCUT2D eigenvalue weighted by Crippen LogP contribution is -2.51. The summed E-state index contributed by atoms with van der Waals surface area (Å²) in [6.45, 7) is 3.50. The minimum absolute atomic E-state index is 0.116. The first kappa shape index (κ1) is 10.6. The van der Waals surface area contributed by atoms with Crippen molar-refractivity contribution >= 4 is 17.2 Å². The van der Waals surface area contributed by atoms with Crippen molar-refractivity contribution in [1.29, 1.82) is 0 Å². The second-order valence-corrected chi connectivity index (χ2v) is 4.94. The molecule has 0 aliphatic carbocycles. The van der Waals surface area contributed by atoms with E-state index in [1.54, 1.807) is 16.2 Å². The highest BCUT2D eigenvalue weighted by Crippen LogP contribution is 2.17. The number of aliphatic hydroxyl groups excluding tert-OH is 1. The maximum atomic E-state index is 11.7. The van der Waals surface area contributed by atoms with Gasteiger partial charge in [0.05, 0.1) is 17.1 Å². The van der Waals surface area contributed by atoms with Crippen LogP contribution in [0.15, 0.2) is 5.38 Å². The molecule has 0 radical (unpaired) electrons. The zero-order valence-electron chi connectivity index (χ0n) is 8.64. The first-order valence-electron chi connectivity index (χ1n) is 4.98. The summed E-state index contributed by atoms with van der Waals surface area (Å²) in [7, 11) is 0. The monoisotopic (exact) mass is 226 g/mol. The second kappa shape index (κ2) is 4.28. The van der Waals surface area contributed by atoms with Crippen LogP contribution in [0.1, 0.15) is 10.7 Å². The minimum Gasteiger partial charge on any atom is -0.396 e. The number of hydrogen-bond donors (Lipinski definition) is 1. The molecule has 0 atom stereocenters. The quantitative estimate of drug-likeness (QED) is 0.814. The first-order chi connectivity index (χ1) is 7.19. The van der Waals surface area contributed by atoms with Crippen molar-refractivity contribution < 1.29 is 9.90 Å². The standard InChI is InChI=1S/C10H14N2O2S/c1-7-11-9(6-15-7)2-10(14)12-3-8(4-12)5-13/h6,8,13H,2-5H2,1H3. The molecule has 2 heterocycles. The summed E-state index contributed by atoms with van der Waals surface area (Å²) in [5.41, 5.74) is 0.856. The Bertz CT molecular complexity index is 358. The van der Waals surface area contributed by atoms with Crippen LogP contribution in [0.4, 0.5) is 0 Å². The van der Waals surface area contributed by atoms with Crippen molar-refractivity contribution in [3.8, 4) is 0 Å². The average molecular weight is 226 g/mol. The van der Waals surface area contributed by atoms with Crippen molar-refractivity contribution in [3.05, 3.63) is 16.1 Å². The Morgan fingerprint density at radius 2 is 2.47 bits per heavy atom. The molecule has 0 bridgehead atoms. The number of aryl methyl sites for hydroxylation is 1. The summed E-state index contributed by atoms with van der Waals surface area (Å²) >= 11 is 1.57. The van der Waals surface area contributed by atoms with Crippen LogP contribution >= 0.6 is 11.3 Å². The van der Waals surface area contributed by atoms with Crippen molar-refractivity contribution in [2.75, 3.05) is 19.7 Å². The fraction of sp³-hybridized carbons (Fsp3) is 0.600. The number of aromatic nitrogens is 1. The number of amides is 1. The lowest BCUT2D eigenvalue weighted by molar-refractivity contribution is -0.137. The number of aliphatic hydroxyl groups is 1. The van der Waals surface area contributed by atoms with Gasteiger partial charge in [-0.15, -0.1) is 11.3 Å². The SMILES string of the molecule is Cc1nc(CC(=O)N2CC(CO)C2)cs1. The van der Waals surface area contributed by atoms with E-state index in [9.17, 15) is 4.79 Å². The van der Waals surface area contributed by atoms with Gasteiger partial charge in [0.1, 0.15) is 0 Å². The summed E-state index contributed by atoms with van der Waals surface area (Å²) in [6.07, 6.45) is 0.391. The number of hydrogen-bond acceptors (Lipinski definition) is 4. The number of likely N-dealkylation sites (tertiary alicyclic amines) is 1. The molecule has 1 aliphatic heterocycles. The molecule has 82 valence electrons. The molecule has 4 nitrogen and oxygen atoms in total. The Balaban J connectivity index is 1.83. The second-order valence-electron chi connectivity index (χ2n) is 3.88. The van der Waals surface area contributed by atoms with Gasteiger partial charge in [-0.2, -0.15) is 0 Å². The molecule has 1 aromatic rings. The molecular formula is C10H14N2O2S. The molecular weight excluding hydrogens is 212 g/mol. The van der Waals surface area contributed by atoms with Crippen LogP contribution in [-0.2, 0) is 11.2 Å². The van der Waals surface area contributed by atoms with E-state index >= 15 is 0 Å². The molecule has 0 unspecified atom stereocenters. The molecule has 1 saturated heterocycles. The van der Waals surface area contributed by atoms with E-state index in [0.717, 1.165) is 10.7 Å². The van der Waals surface area contributed by atoms with Crippen LogP contribution in [-0.4, -0.2) is 40.6 Å². The Hall–Kier alpha value is -0.940. The van der Waals surface area contributed by atoms with Crippen LogP contribution in [0.25, 0.3) is 0 Å². The van der Waals surface area contributed by atoms with Crippen LogP contribution in [0.3, 0.4) is 0 Å². The molecule has 2 rings (SSSR count). The molecule has 5 heteroatoms. The predicted molar refractivity (Wildman–Crippen MR) is 57.7 cm³/mol. The first-order valence-corrected chi connectivity index (χ1v) is 5.86. The molecule has 0 spiro atoms. The van der Waals surface area contributed by atoms with Gasteiger partial charge in [-0.05, 0) is 6.92 Å². The molecule has 1 aliphatic rings. The summed E-state index contributed by atoms with van der Waals surface area (Å²) in [4.78, 5) is 17.7. The van der Waals surface area contributed by atoms with Crippen LogP contribution in [0, 0.1) is 12.8 Å². The van der Waals surface area contributed by atoms with Gasteiger partial charge in [-0.25, -0.2) is 4.98 Å². The van der Waals surface area contributed by atoms with E-state index in [1.807, 2.05) is 12.3 Å². The van der Waals surface area contributed by atoms with Gasteiger partial charge in [0.25, 0.3) is 0 Å². The average Bonchev–Trinajstić information content (AvgIpc) is 2.49. The lowest BCUT2D eigenvalue weighted by atomic mass is 10.0. The number of thiazole rings is 1. The predicted octanol–water partition coefficient (Wildman–Crippen LogP) is 0.445.